The second-order valence-electron chi connectivity index (χ2n) is 12.6. The quantitative estimate of drug-likeness (QED) is 0.181. The van der Waals surface area contributed by atoms with Crippen molar-refractivity contribution in [3.8, 4) is 50.5 Å². The van der Waals surface area contributed by atoms with Gasteiger partial charge in [-0.15, -0.1) is 0 Å². The number of hydrogen-bond donors (Lipinski definition) is 0. The molecule has 0 fully saturated rings. The molecule has 1 aliphatic rings. The number of imidazole rings is 1. The molecule has 2 heterocycles. The van der Waals surface area contributed by atoms with E-state index in [0.717, 1.165) is 6.54 Å². The van der Waals surface area contributed by atoms with Crippen LogP contribution in [0.1, 0.15) is 16.7 Å². The van der Waals surface area contributed by atoms with Crippen LogP contribution >= 0.6 is 0 Å². The summed E-state index contributed by atoms with van der Waals surface area (Å²) in [6, 6.07) is 55.5. The number of fused-ring (bicyclic) bond motifs is 6. The molecule has 7 aromatic carbocycles. The minimum Gasteiger partial charge on any atom is -0.218 e. The lowest BCUT2D eigenvalue weighted by Gasteiger charge is -2.13. The zero-order chi connectivity index (χ0) is 30.8. The van der Waals surface area contributed by atoms with Crippen LogP contribution in [0.25, 0.3) is 72.3 Å². The lowest BCUT2D eigenvalue weighted by molar-refractivity contribution is -0.645. The molecular formula is C44H33N2+. The maximum Gasteiger partial charge on any atom is 0.295 e. The number of aromatic nitrogens is 2. The van der Waals surface area contributed by atoms with Gasteiger partial charge in [0.1, 0.15) is 12.2 Å². The van der Waals surface area contributed by atoms with Crippen molar-refractivity contribution in [1.29, 1.82) is 0 Å². The van der Waals surface area contributed by atoms with E-state index >= 15 is 0 Å². The van der Waals surface area contributed by atoms with Gasteiger partial charge in [0.2, 0.25) is 0 Å². The van der Waals surface area contributed by atoms with E-state index in [-0.39, 0.29) is 0 Å². The smallest absolute Gasteiger partial charge is 0.218 e. The summed E-state index contributed by atoms with van der Waals surface area (Å²) >= 11 is 0. The van der Waals surface area contributed by atoms with E-state index in [1.165, 1.54) is 89.0 Å². The Morgan fingerprint density at radius 3 is 1.65 bits per heavy atom. The highest BCUT2D eigenvalue weighted by Crippen LogP contribution is 2.40. The Morgan fingerprint density at radius 1 is 0.478 bits per heavy atom. The van der Waals surface area contributed by atoms with Crippen LogP contribution in [-0.4, -0.2) is 4.57 Å². The molecule has 2 heteroatoms. The highest BCUT2D eigenvalue weighted by molar-refractivity contribution is 5.96. The predicted molar refractivity (Wildman–Crippen MR) is 191 cm³/mol. The zero-order valence-corrected chi connectivity index (χ0v) is 26.0. The first-order chi connectivity index (χ1) is 22.6. The fourth-order valence-electron chi connectivity index (χ4n) is 7.48. The third kappa shape index (κ3) is 4.22. The van der Waals surface area contributed by atoms with Crippen molar-refractivity contribution in [2.75, 3.05) is 0 Å². The molecule has 8 aromatic rings. The van der Waals surface area contributed by atoms with Crippen LogP contribution in [0, 0.1) is 13.8 Å². The standard InChI is InChI=1S/C44H33N2/c1-29-23-39(32-13-7-4-8-14-32)24-30(2)43(29)46-42-27-36-16-10-9-15-35(36)26-41(42)45-28-38-22-21-37(25-40(38)44(45)46)34-19-17-33(18-20-34)31-11-5-3-6-12-31/h3-27H,28H2,1-2H3/q+1. The molecule has 0 N–H and O–H groups in total. The van der Waals surface area contributed by atoms with Crippen LogP contribution in [0.4, 0.5) is 0 Å². The van der Waals surface area contributed by atoms with Crippen LogP contribution in [-0.2, 0) is 6.54 Å². The topological polar surface area (TPSA) is 8.81 Å². The third-order valence-electron chi connectivity index (χ3n) is 9.67. The Bertz CT molecular complexity index is 2410. The molecule has 0 spiro atoms. The van der Waals surface area contributed by atoms with Crippen molar-refractivity contribution in [2.24, 2.45) is 0 Å². The van der Waals surface area contributed by atoms with Crippen LogP contribution in [0.3, 0.4) is 0 Å². The molecule has 1 aromatic heterocycles. The van der Waals surface area contributed by atoms with Crippen LogP contribution in [0.2, 0.25) is 0 Å². The van der Waals surface area contributed by atoms with E-state index in [4.69, 9.17) is 0 Å². The van der Waals surface area contributed by atoms with Crippen LogP contribution in [0.5, 0.6) is 0 Å². The minimum atomic E-state index is 0.861. The molecular weight excluding hydrogens is 556 g/mol. The second kappa shape index (κ2) is 10.4. The summed E-state index contributed by atoms with van der Waals surface area (Å²) in [5, 5.41) is 2.53. The lowest BCUT2D eigenvalue weighted by atomic mass is 9.97. The van der Waals surface area contributed by atoms with E-state index in [1.807, 2.05) is 0 Å². The van der Waals surface area contributed by atoms with Gasteiger partial charge in [-0.05, 0) is 99.5 Å². The summed E-state index contributed by atoms with van der Waals surface area (Å²) in [4.78, 5) is 0. The lowest BCUT2D eigenvalue weighted by Crippen LogP contribution is -2.31. The van der Waals surface area contributed by atoms with E-state index in [1.54, 1.807) is 0 Å². The average molecular weight is 590 g/mol. The van der Waals surface area contributed by atoms with Crippen molar-refractivity contribution in [3.05, 3.63) is 168 Å². The Kier molecular flexibility index (Phi) is 6.04. The van der Waals surface area contributed by atoms with Gasteiger partial charge in [-0.3, -0.25) is 0 Å². The van der Waals surface area contributed by atoms with Gasteiger partial charge in [-0.25, -0.2) is 4.57 Å². The maximum atomic E-state index is 2.54. The molecule has 2 nitrogen and oxygen atoms in total. The molecule has 46 heavy (non-hydrogen) atoms. The largest absolute Gasteiger partial charge is 0.295 e. The molecule has 0 bridgehead atoms. The Balaban J connectivity index is 1.25. The number of nitrogens with zero attached hydrogens (tertiary/aromatic N) is 2. The third-order valence-corrected chi connectivity index (χ3v) is 9.67. The van der Waals surface area contributed by atoms with Gasteiger partial charge in [-0.2, -0.15) is 4.57 Å². The Morgan fingerprint density at radius 2 is 1.00 bits per heavy atom. The van der Waals surface area contributed by atoms with Crippen molar-refractivity contribution in [1.82, 2.24) is 4.57 Å². The molecule has 0 radical (unpaired) electrons. The molecule has 0 amide bonds. The van der Waals surface area contributed by atoms with Crippen molar-refractivity contribution >= 4 is 21.8 Å². The summed E-state index contributed by atoms with van der Waals surface area (Å²) in [6.45, 7) is 5.39. The van der Waals surface area contributed by atoms with Gasteiger partial charge in [0, 0.05) is 5.56 Å². The fourth-order valence-corrected chi connectivity index (χ4v) is 7.48. The summed E-state index contributed by atoms with van der Waals surface area (Å²) in [5.41, 5.74) is 16.4. The van der Waals surface area contributed by atoms with Crippen LogP contribution in [0.15, 0.2) is 152 Å². The number of rotatable bonds is 4. The Hall–Kier alpha value is -5.73. The van der Waals surface area contributed by atoms with Crippen molar-refractivity contribution in [3.63, 3.8) is 0 Å². The first-order valence-corrected chi connectivity index (χ1v) is 16.1. The van der Waals surface area contributed by atoms with Gasteiger partial charge in [0.25, 0.3) is 5.82 Å². The summed E-state index contributed by atoms with van der Waals surface area (Å²) in [5.74, 6) is 1.25. The highest BCUT2D eigenvalue weighted by Gasteiger charge is 2.36. The molecule has 218 valence electrons. The first kappa shape index (κ1) is 26.7. The van der Waals surface area contributed by atoms with E-state index < -0.39 is 0 Å². The maximum absolute atomic E-state index is 2.54. The summed E-state index contributed by atoms with van der Waals surface area (Å²) in [7, 11) is 0. The van der Waals surface area contributed by atoms with Crippen LogP contribution < -0.4 is 4.57 Å². The van der Waals surface area contributed by atoms with Gasteiger partial charge in [-0.1, -0.05) is 121 Å². The molecule has 0 atom stereocenters. The molecule has 0 saturated heterocycles. The van der Waals surface area contributed by atoms with E-state index in [0.29, 0.717) is 0 Å². The SMILES string of the molecule is Cc1cc(-c2ccccc2)cc(C)c1-n1c2[n+](c3cc4ccccc4cc31)Cc1ccc(-c3ccc(-c4ccccc4)cc3)cc1-2. The highest BCUT2D eigenvalue weighted by atomic mass is 15.2. The second-order valence-corrected chi connectivity index (χ2v) is 12.6. The first-order valence-electron chi connectivity index (χ1n) is 16.1. The zero-order valence-electron chi connectivity index (χ0n) is 26.0. The normalized spacial score (nSPS) is 12.0. The monoisotopic (exact) mass is 589 g/mol. The molecule has 0 saturated carbocycles. The van der Waals surface area contributed by atoms with E-state index in [2.05, 4.69) is 175 Å². The summed E-state index contributed by atoms with van der Waals surface area (Å²) < 4.78 is 5.06. The number of aryl methyl sites for hydroxylation is 2. The molecule has 0 unspecified atom stereocenters. The minimum absolute atomic E-state index is 0.861. The van der Waals surface area contributed by atoms with Gasteiger partial charge >= 0.3 is 0 Å². The predicted octanol–water partition coefficient (Wildman–Crippen LogP) is 10.7. The van der Waals surface area contributed by atoms with Crippen molar-refractivity contribution < 1.29 is 4.57 Å². The summed E-state index contributed by atoms with van der Waals surface area (Å²) in [6.07, 6.45) is 0. The number of hydrogen-bond acceptors (Lipinski definition) is 0. The Labute approximate surface area is 269 Å². The van der Waals surface area contributed by atoms with Gasteiger partial charge < -0.3 is 0 Å². The fraction of sp³-hybridized carbons (Fsp3) is 0.0682. The molecule has 9 rings (SSSR count). The molecule has 0 aliphatic carbocycles. The van der Waals surface area contributed by atoms with Gasteiger partial charge in [0.15, 0.2) is 11.0 Å². The van der Waals surface area contributed by atoms with Gasteiger partial charge in [0.05, 0.1) is 5.56 Å². The van der Waals surface area contributed by atoms with E-state index in [9.17, 15) is 0 Å². The molecule has 1 aliphatic heterocycles. The number of benzene rings is 7. The van der Waals surface area contributed by atoms with Crippen molar-refractivity contribution in [2.45, 2.75) is 20.4 Å². The average Bonchev–Trinajstić information content (AvgIpc) is 3.62.